The molecule has 146 valence electrons. The SMILES string of the molecule is FC(F)F.O=S(=O)(O)c1cccc2c(OS(=O)(=O)C(F)(F)F)cccc12. The standard InChI is InChI=1S/C11H7F3O6S2.CHF3/c12-11(13,14)22(18,19)20-9-5-1-4-8-7(9)3-2-6-10(8)21(15,16)17;2-1(3)4/h1-6H,(H,15,16,17);1H. The smallest absolute Gasteiger partial charge is 0.375 e. The van der Waals surface area contributed by atoms with Gasteiger partial charge in [-0.25, -0.2) is 0 Å². The topological polar surface area (TPSA) is 97.7 Å². The molecule has 0 heterocycles. The Morgan fingerprint density at radius 1 is 0.885 bits per heavy atom. The first kappa shape index (κ1) is 22.0. The van der Waals surface area contributed by atoms with Crippen molar-refractivity contribution in [2.75, 3.05) is 0 Å². The molecule has 0 aliphatic rings. The zero-order valence-electron chi connectivity index (χ0n) is 12.1. The molecule has 0 atom stereocenters. The van der Waals surface area contributed by atoms with Gasteiger partial charge in [-0.15, -0.1) is 0 Å². The van der Waals surface area contributed by atoms with Crippen LogP contribution < -0.4 is 4.18 Å². The van der Waals surface area contributed by atoms with E-state index in [2.05, 4.69) is 4.18 Å². The number of hydrogen-bond acceptors (Lipinski definition) is 5. The van der Waals surface area contributed by atoms with Crippen LogP contribution in [0.1, 0.15) is 0 Å². The predicted octanol–water partition coefficient (Wildman–Crippen LogP) is 3.49. The van der Waals surface area contributed by atoms with Crippen LogP contribution in [0.15, 0.2) is 41.3 Å². The number of halogens is 6. The number of alkyl halides is 6. The third-order valence-corrected chi connectivity index (χ3v) is 4.48. The van der Waals surface area contributed by atoms with Crippen molar-refractivity contribution in [1.82, 2.24) is 0 Å². The van der Waals surface area contributed by atoms with E-state index in [4.69, 9.17) is 4.55 Å². The van der Waals surface area contributed by atoms with Crippen molar-refractivity contribution < 1.29 is 51.9 Å². The first-order chi connectivity index (χ1) is 11.7. The van der Waals surface area contributed by atoms with Crippen molar-refractivity contribution in [2.45, 2.75) is 17.1 Å². The predicted molar refractivity (Wildman–Crippen MR) is 76.5 cm³/mol. The van der Waals surface area contributed by atoms with E-state index < -0.39 is 43.1 Å². The summed E-state index contributed by atoms with van der Waals surface area (Å²) in [4.78, 5) is -0.583. The van der Waals surface area contributed by atoms with Crippen LogP contribution in [0.5, 0.6) is 5.75 Å². The molecule has 2 aromatic rings. The van der Waals surface area contributed by atoms with Gasteiger partial charge in [0.25, 0.3) is 10.1 Å². The summed E-state index contributed by atoms with van der Waals surface area (Å²) in [7, 11) is -10.5. The Labute approximate surface area is 142 Å². The lowest BCUT2D eigenvalue weighted by molar-refractivity contribution is -0.0499. The summed E-state index contributed by atoms with van der Waals surface area (Å²) in [6.07, 6.45) is 0. The van der Waals surface area contributed by atoms with Gasteiger partial charge in [0.05, 0.1) is 0 Å². The molecular weight excluding hydrogens is 418 g/mol. The molecule has 0 bridgehead atoms. The molecule has 0 saturated carbocycles. The van der Waals surface area contributed by atoms with Crippen molar-refractivity contribution in [3.8, 4) is 5.75 Å². The van der Waals surface area contributed by atoms with Crippen molar-refractivity contribution in [3.05, 3.63) is 36.4 Å². The highest BCUT2D eigenvalue weighted by molar-refractivity contribution is 7.88. The monoisotopic (exact) mass is 426 g/mol. The van der Waals surface area contributed by atoms with Crippen LogP contribution in [0, 0.1) is 0 Å². The molecule has 26 heavy (non-hydrogen) atoms. The van der Waals surface area contributed by atoms with Gasteiger partial charge in [-0.2, -0.15) is 43.2 Å². The summed E-state index contributed by atoms with van der Waals surface area (Å²) in [5.74, 6) is -0.708. The Kier molecular flexibility index (Phi) is 6.49. The van der Waals surface area contributed by atoms with Crippen molar-refractivity contribution in [1.29, 1.82) is 0 Å². The molecule has 0 saturated heterocycles. The van der Waals surface area contributed by atoms with E-state index >= 15 is 0 Å². The summed E-state index contributed by atoms with van der Waals surface area (Å²) in [6, 6.07) is 6.51. The van der Waals surface area contributed by atoms with E-state index in [0.29, 0.717) is 0 Å². The fraction of sp³-hybridized carbons (Fsp3) is 0.167. The first-order valence-corrected chi connectivity index (χ1v) is 8.94. The maximum atomic E-state index is 12.3. The fourth-order valence-electron chi connectivity index (χ4n) is 1.72. The normalized spacial score (nSPS) is 12.6. The van der Waals surface area contributed by atoms with E-state index in [0.717, 1.165) is 30.3 Å². The molecule has 0 aliphatic carbocycles. The van der Waals surface area contributed by atoms with Gasteiger partial charge < -0.3 is 4.18 Å². The lowest BCUT2D eigenvalue weighted by Gasteiger charge is -2.12. The second-order valence-corrected chi connectivity index (χ2v) is 7.24. The van der Waals surface area contributed by atoms with Crippen molar-refractivity contribution >= 4 is 31.0 Å². The third-order valence-electron chi connectivity index (χ3n) is 2.60. The molecule has 0 fully saturated rings. The van der Waals surface area contributed by atoms with Crippen molar-refractivity contribution in [2.24, 2.45) is 0 Å². The minimum absolute atomic E-state index is 0.181. The first-order valence-electron chi connectivity index (χ1n) is 6.09. The molecular formula is C12H8F6O6S2. The summed E-state index contributed by atoms with van der Waals surface area (Å²) in [6.45, 7) is -3.67. The Hall–Kier alpha value is -2.06. The zero-order chi connectivity index (χ0) is 20.3. The van der Waals surface area contributed by atoms with Crippen LogP contribution in [0.4, 0.5) is 26.3 Å². The molecule has 2 rings (SSSR count). The second kappa shape index (κ2) is 7.67. The highest BCUT2D eigenvalue weighted by Crippen LogP contribution is 2.33. The van der Waals surface area contributed by atoms with E-state index in [1.54, 1.807) is 0 Å². The molecule has 6 nitrogen and oxygen atoms in total. The van der Waals surface area contributed by atoms with Gasteiger partial charge >= 0.3 is 22.3 Å². The molecule has 0 amide bonds. The van der Waals surface area contributed by atoms with Crippen LogP contribution in [0.25, 0.3) is 10.8 Å². The minimum atomic E-state index is -5.90. The maximum absolute atomic E-state index is 12.3. The van der Waals surface area contributed by atoms with Crippen LogP contribution in [-0.4, -0.2) is 33.6 Å². The second-order valence-electron chi connectivity index (χ2n) is 4.31. The van der Waals surface area contributed by atoms with Gasteiger partial charge in [-0.05, 0) is 12.1 Å². The number of hydrogen-bond donors (Lipinski definition) is 1. The highest BCUT2D eigenvalue weighted by atomic mass is 32.2. The van der Waals surface area contributed by atoms with Gasteiger partial charge in [-0.3, -0.25) is 4.55 Å². The van der Waals surface area contributed by atoms with Crippen LogP contribution >= 0.6 is 0 Å². The van der Waals surface area contributed by atoms with Crippen molar-refractivity contribution in [3.63, 3.8) is 0 Å². The molecule has 14 heteroatoms. The lowest BCUT2D eigenvalue weighted by Crippen LogP contribution is -2.28. The molecule has 0 unspecified atom stereocenters. The average Bonchev–Trinajstić information content (AvgIpc) is 2.44. The largest absolute Gasteiger partial charge is 0.534 e. The molecule has 0 aliphatic heterocycles. The van der Waals surface area contributed by atoms with Gasteiger partial charge in [0, 0.05) is 10.8 Å². The summed E-state index contributed by atoms with van der Waals surface area (Å²) in [5.41, 5.74) is -5.63. The number of benzene rings is 2. The summed E-state index contributed by atoms with van der Waals surface area (Å²) >= 11 is 0. The van der Waals surface area contributed by atoms with Gasteiger partial charge in [0.15, 0.2) is 5.75 Å². The lowest BCUT2D eigenvalue weighted by atomic mass is 10.1. The Morgan fingerprint density at radius 3 is 1.81 bits per heavy atom. The number of rotatable bonds is 3. The van der Waals surface area contributed by atoms with Gasteiger partial charge in [0.2, 0.25) is 0 Å². The number of fused-ring (bicyclic) bond motifs is 1. The van der Waals surface area contributed by atoms with Crippen LogP contribution in [0.2, 0.25) is 0 Å². The third kappa shape index (κ3) is 5.47. The highest BCUT2D eigenvalue weighted by Gasteiger charge is 2.48. The maximum Gasteiger partial charge on any atom is 0.534 e. The molecule has 2 aromatic carbocycles. The van der Waals surface area contributed by atoms with E-state index in [1.807, 2.05) is 0 Å². The van der Waals surface area contributed by atoms with E-state index in [-0.39, 0.29) is 10.8 Å². The summed E-state index contributed by atoms with van der Waals surface area (Å²) in [5, 5.41) is -0.398. The minimum Gasteiger partial charge on any atom is -0.375 e. The van der Waals surface area contributed by atoms with Crippen LogP contribution in [0.3, 0.4) is 0 Å². The fourth-order valence-corrected chi connectivity index (χ4v) is 2.90. The van der Waals surface area contributed by atoms with Gasteiger partial charge in [-0.1, -0.05) is 24.3 Å². The van der Waals surface area contributed by atoms with Gasteiger partial charge in [0.1, 0.15) is 4.90 Å². The Bertz CT molecular complexity index is 982. The Balaban J connectivity index is 0.000000765. The summed E-state index contributed by atoms with van der Waals surface area (Å²) < 4.78 is 124. The van der Waals surface area contributed by atoms with E-state index in [9.17, 15) is 43.2 Å². The zero-order valence-corrected chi connectivity index (χ0v) is 13.7. The average molecular weight is 426 g/mol. The van der Waals surface area contributed by atoms with Crippen LogP contribution in [-0.2, 0) is 20.2 Å². The molecule has 1 N–H and O–H groups in total. The molecule has 0 aromatic heterocycles. The molecule has 0 radical (unpaired) electrons. The quantitative estimate of drug-likeness (QED) is 0.349. The van der Waals surface area contributed by atoms with E-state index in [1.165, 1.54) is 6.07 Å². The molecule has 0 spiro atoms. The Morgan fingerprint density at radius 2 is 1.35 bits per heavy atom.